The predicted octanol–water partition coefficient (Wildman–Crippen LogP) is 1.62. The minimum absolute atomic E-state index is 0.174. The van der Waals surface area contributed by atoms with Gasteiger partial charge in [-0.3, -0.25) is 9.59 Å². The van der Waals surface area contributed by atoms with Crippen LogP contribution in [0.4, 0.5) is 0 Å². The number of nitrogens with one attached hydrogen (secondary N) is 1. The molecule has 0 bridgehead atoms. The number of amides is 1. The highest BCUT2D eigenvalue weighted by atomic mass is 16.4. The highest BCUT2D eigenvalue weighted by molar-refractivity contribution is 5.87. The third-order valence-electron chi connectivity index (χ3n) is 5.39. The molecule has 2 fully saturated rings. The van der Waals surface area contributed by atoms with Crippen LogP contribution < -0.4 is 5.32 Å². The van der Waals surface area contributed by atoms with Crippen molar-refractivity contribution in [3.63, 3.8) is 0 Å². The molecule has 0 aliphatic carbocycles. The Kier molecular flexibility index (Phi) is 4.37. The fraction of sp³-hybridized carbons (Fsp3) is 0.867. The number of carbonyl (C=O) groups excluding carboxylic acids is 1. The number of aliphatic carboxylic acids is 1. The van der Waals surface area contributed by atoms with Gasteiger partial charge in [0.05, 0.1) is 11.0 Å². The summed E-state index contributed by atoms with van der Waals surface area (Å²) in [5.74, 6) is -0.538. The number of hydrogen-bond acceptors (Lipinski definition) is 3. The molecule has 2 saturated heterocycles. The van der Waals surface area contributed by atoms with Crippen molar-refractivity contribution >= 4 is 11.9 Å². The molecule has 2 N–H and O–H groups in total. The Morgan fingerprint density at radius 1 is 1.15 bits per heavy atom. The van der Waals surface area contributed by atoms with Gasteiger partial charge in [-0.1, -0.05) is 13.8 Å². The van der Waals surface area contributed by atoms with Crippen molar-refractivity contribution in [2.45, 2.75) is 57.9 Å². The minimum Gasteiger partial charge on any atom is -0.481 e. The first-order valence-corrected chi connectivity index (χ1v) is 7.77. The highest BCUT2D eigenvalue weighted by Gasteiger charge is 2.46. The summed E-state index contributed by atoms with van der Waals surface area (Å²) in [4.78, 5) is 26.1. The molecule has 2 aliphatic rings. The second-order valence-corrected chi connectivity index (χ2v) is 6.20. The summed E-state index contributed by atoms with van der Waals surface area (Å²) in [6, 6.07) is 0. The number of nitrogens with zero attached hydrogens (tertiary/aromatic N) is 1. The summed E-state index contributed by atoms with van der Waals surface area (Å²) in [6.45, 7) is 6.03. The van der Waals surface area contributed by atoms with E-state index >= 15 is 0 Å². The van der Waals surface area contributed by atoms with E-state index in [4.69, 9.17) is 0 Å². The van der Waals surface area contributed by atoms with Gasteiger partial charge in [-0.25, -0.2) is 0 Å². The molecule has 20 heavy (non-hydrogen) atoms. The van der Waals surface area contributed by atoms with Crippen molar-refractivity contribution in [2.75, 3.05) is 19.6 Å². The SMILES string of the molecule is CCC1(C(=O)O)CCN(C(=O)C2(CC)CCCN2)CC1. The standard InChI is InChI=1S/C15H26N2O3/c1-3-14(13(19)20)7-10-17(11-8-14)12(18)15(4-2)6-5-9-16-15/h16H,3-11H2,1-2H3,(H,19,20). The van der Waals surface area contributed by atoms with Gasteiger partial charge in [-0.2, -0.15) is 0 Å². The van der Waals surface area contributed by atoms with Crippen LogP contribution >= 0.6 is 0 Å². The van der Waals surface area contributed by atoms with Gasteiger partial charge >= 0.3 is 5.97 Å². The average molecular weight is 282 g/mol. The molecule has 2 aliphatic heterocycles. The molecule has 1 unspecified atom stereocenters. The van der Waals surface area contributed by atoms with Gasteiger partial charge in [0.15, 0.2) is 0 Å². The first-order chi connectivity index (χ1) is 9.49. The van der Waals surface area contributed by atoms with Crippen molar-refractivity contribution < 1.29 is 14.7 Å². The van der Waals surface area contributed by atoms with E-state index in [1.54, 1.807) is 0 Å². The van der Waals surface area contributed by atoms with Gasteiger partial charge in [0.1, 0.15) is 0 Å². The maximum atomic E-state index is 12.7. The molecule has 5 nitrogen and oxygen atoms in total. The van der Waals surface area contributed by atoms with Crippen molar-refractivity contribution in [3.8, 4) is 0 Å². The van der Waals surface area contributed by atoms with Gasteiger partial charge in [-0.15, -0.1) is 0 Å². The highest BCUT2D eigenvalue weighted by Crippen LogP contribution is 2.36. The van der Waals surface area contributed by atoms with E-state index in [0.717, 1.165) is 25.8 Å². The van der Waals surface area contributed by atoms with Gasteiger partial charge in [-0.05, 0) is 45.1 Å². The Bertz CT molecular complexity index is 381. The van der Waals surface area contributed by atoms with Crippen LogP contribution in [0.15, 0.2) is 0 Å². The zero-order valence-electron chi connectivity index (χ0n) is 12.6. The van der Waals surface area contributed by atoms with Crippen LogP contribution in [0.5, 0.6) is 0 Å². The van der Waals surface area contributed by atoms with Crippen molar-refractivity contribution in [1.29, 1.82) is 0 Å². The van der Waals surface area contributed by atoms with E-state index in [9.17, 15) is 14.7 Å². The molecule has 114 valence electrons. The van der Waals surface area contributed by atoms with E-state index in [0.29, 0.717) is 32.4 Å². The summed E-state index contributed by atoms with van der Waals surface area (Å²) < 4.78 is 0. The lowest BCUT2D eigenvalue weighted by Crippen LogP contribution is -2.57. The van der Waals surface area contributed by atoms with Crippen molar-refractivity contribution in [1.82, 2.24) is 10.2 Å². The zero-order chi connectivity index (χ0) is 14.8. The van der Waals surface area contributed by atoms with Crippen LogP contribution in [-0.4, -0.2) is 47.1 Å². The monoisotopic (exact) mass is 282 g/mol. The Morgan fingerprint density at radius 2 is 1.80 bits per heavy atom. The van der Waals surface area contributed by atoms with Gasteiger partial charge in [0.25, 0.3) is 0 Å². The summed E-state index contributed by atoms with van der Waals surface area (Å²) in [7, 11) is 0. The smallest absolute Gasteiger partial charge is 0.309 e. The number of likely N-dealkylation sites (tertiary alicyclic amines) is 1. The molecule has 0 aromatic carbocycles. The van der Waals surface area contributed by atoms with E-state index in [2.05, 4.69) is 5.32 Å². The number of carbonyl (C=O) groups is 2. The lowest BCUT2D eigenvalue weighted by molar-refractivity contribution is -0.155. The van der Waals surface area contributed by atoms with Crippen LogP contribution in [0.25, 0.3) is 0 Å². The lowest BCUT2D eigenvalue weighted by atomic mass is 9.76. The summed E-state index contributed by atoms with van der Waals surface area (Å²) in [6.07, 6.45) is 4.54. The van der Waals surface area contributed by atoms with E-state index in [1.807, 2.05) is 18.7 Å². The van der Waals surface area contributed by atoms with Crippen LogP contribution in [-0.2, 0) is 9.59 Å². The third-order valence-corrected chi connectivity index (χ3v) is 5.39. The lowest BCUT2D eigenvalue weighted by Gasteiger charge is -2.41. The van der Waals surface area contributed by atoms with Crippen LogP contribution in [0.2, 0.25) is 0 Å². The minimum atomic E-state index is -0.712. The normalized spacial score (nSPS) is 29.4. The quantitative estimate of drug-likeness (QED) is 0.822. The molecule has 0 saturated carbocycles. The molecule has 0 aromatic rings. The Hall–Kier alpha value is -1.10. The second-order valence-electron chi connectivity index (χ2n) is 6.20. The molecule has 0 aromatic heterocycles. The topological polar surface area (TPSA) is 69.6 Å². The third kappa shape index (κ3) is 2.43. The number of hydrogen-bond donors (Lipinski definition) is 2. The van der Waals surface area contributed by atoms with E-state index in [1.165, 1.54) is 0 Å². The van der Waals surface area contributed by atoms with Crippen molar-refractivity contribution in [3.05, 3.63) is 0 Å². The van der Waals surface area contributed by atoms with Gasteiger partial charge in [0, 0.05) is 13.1 Å². The fourth-order valence-corrected chi connectivity index (χ4v) is 3.60. The Balaban J connectivity index is 2.03. The number of rotatable bonds is 4. The summed E-state index contributed by atoms with van der Waals surface area (Å²) in [5, 5.41) is 12.8. The van der Waals surface area contributed by atoms with Gasteiger partial charge in [0.2, 0.25) is 5.91 Å². The van der Waals surface area contributed by atoms with E-state index < -0.39 is 16.9 Å². The number of carboxylic acids is 1. The first kappa shape index (κ1) is 15.3. The van der Waals surface area contributed by atoms with E-state index in [-0.39, 0.29) is 5.91 Å². The van der Waals surface area contributed by atoms with Crippen LogP contribution in [0, 0.1) is 5.41 Å². The maximum absolute atomic E-state index is 12.7. The largest absolute Gasteiger partial charge is 0.481 e. The number of carboxylic acid groups (broad SMARTS) is 1. The number of piperidine rings is 1. The Labute approximate surface area is 120 Å². The fourth-order valence-electron chi connectivity index (χ4n) is 3.60. The molecule has 5 heteroatoms. The Morgan fingerprint density at radius 3 is 2.20 bits per heavy atom. The molecule has 1 atom stereocenters. The average Bonchev–Trinajstić information content (AvgIpc) is 2.96. The molecule has 0 radical (unpaired) electrons. The molecule has 2 rings (SSSR count). The molecule has 1 amide bonds. The maximum Gasteiger partial charge on any atom is 0.309 e. The predicted molar refractivity (Wildman–Crippen MR) is 76.4 cm³/mol. The second kappa shape index (κ2) is 5.72. The summed E-state index contributed by atoms with van der Waals surface area (Å²) >= 11 is 0. The zero-order valence-corrected chi connectivity index (χ0v) is 12.6. The van der Waals surface area contributed by atoms with Crippen LogP contribution in [0.3, 0.4) is 0 Å². The summed E-state index contributed by atoms with van der Waals surface area (Å²) in [5.41, 5.74) is -1.02. The molecular formula is C15H26N2O3. The van der Waals surface area contributed by atoms with Crippen molar-refractivity contribution in [2.24, 2.45) is 5.41 Å². The van der Waals surface area contributed by atoms with Crippen LogP contribution in [0.1, 0.15) is 52.4 Å². The molecule has 2 heterocycles. The molecule has 0 spiro atoms. The first-order valence-electron chi connectivity index (χ1n) is 7.77. The molecular weight excluding hydrogens is 256 g/mol. The van der Waals surface area contributed by atoms with Gasteiger partial charge < -0.3 is 15.3 Å².